The molecule has 1 atom stereocenters. The van der Waals surface area contributed by atoms with E-state index in [1.54, 1.807) is 24.3 Å². The van der Waals surface area contributed by atoms with Crippen molar-refractivity contribution in [2.24, 2.45) is 0 Å². The molecule has 4 nitrogen and oxygen atoms in total. The molecule has 22 heavy (non-hydrogen) atoms. The van der Waals surface area contributed by atoms with Crippen molar-refractivity contribution in [2.75, 3.05) is 12.9 Å². The Morgan fingerprint density at radius 3 is 2.77 bits per heavy atom. The van der Waals surface area contributed by atoms with E-state index >= 15 is 0 Å². The van der Waals surface area contributed by atoms with Crippen molar-refractivity contribution in [1.82, 2.24) is 9.55 Å². The van der Waals surface area contributed by atoms with Crippen molar-refractivity contribution >= 4 is 17.7 Å². The predicted molar refractivity (Wildman–Crippen MR) is 88.2 cm³/mol. The first-order chi connectivity index (χ1) is 10.7. The molecule has 0 saturated heterocycles. The lowest BCUT2D eigenvalue weighted by Gasteiger charge is -2.17. The standard InChI is InChI=1S/C17H20N2O2S/c1-13(14-6-4-3-5-7-14)19-12-18-10-15(19)16(20)21-11-17(22-2)8-9-17/h3-7,10,12-13H,8-9,11H2,1-2H3. The highest BCUT2D eigenvalue weighted by Gasteiger charge is 2.43. The maximum Gasteiger partial charge on any atom is 0.356 e. The number of rotatable bonds is 6. The minimum Gasteiger partial charge on any atom is -0.459 e. The smallest absolute Gasteiger partial charge is 0.356 e. The molecule has 1 fully saturated rings. The van der Waals surface area contributed by atoms with E-state index in [0.717, 1.165) is 18.4 Å². The Balaban J connectivity index is 1.73. The van der Waals surface area contributed by atoms with Gasteiger partial charge in [-0.15, -0.1) is 0 Å². The molecule has 0 amide bonds. The van der Waals surface area contributed by atoms with Crippen LogP contribution in [-0.2, 0) is 4.74 Å². The van der Waals surface area contributed by atoms with Gasteiger partial charge in [0.1, 0.15) is 12.3 Å². The number of esters is 1. The van der Waals surface area contributed by atoms with Gasteiger partial charge >= 0.3 is 5.97 Å². The number of ether oxygens (including phenoxy) is 1. The van der Waals surface area contributed by atoms with Crippen LogP contribution in [0.3, 0.4) is 0 Å². The van der Waals surface area contributed by atoms with Crippen LogP contribution in [0.2, 0.25) is 0 Å². The number of imidazole rings is 1. The van der Waals surface area contributed by atoms with Crippen molar-refractivity contribution in [1.29, 1.82) is 0 Å². The lowest BCUT2D eigenvalue weighted by molar-refractivity contribution is 0.0485. The molecule has 1 heterocycles. The zero-order chi connectivity index (χ0) is 15.6. The molecule has 2 aromatic rings. The summed E-state index contributed by atoms with van der Waals surface area (Å²) in [6, 6.07) is 10.1. The van der Waals surface area contributed by atoms with E-state index in [9.17, 15) is 4.79 Å². The van der Waals surface area contributed by atoms with Crippen molar-refractivity contribution in [3.05, 3.63) is 54.1 Å². The largest absolute Gasteiger partial charge is 0.459 e. The third-order valence-corrected chi connectivity index (χ3v) is 5.67. The maximum absolute atomic E-state index is 12.4. The Bertz CT molecular complexity index is 650. The average Bonchev–Trinajstić information content (AvgIpc) is 3.19. The van der Waals surface area contributed by atoms with Crippen LogP contribution in [0.1, 0.15) is 41.9 Å². The van der Waals surface area contributed by atoms with E-state index in [4.69, 9.17) is 4.74 Å². The summed E-state index contributed by atoms with van der Waals surface area (Å²) < 4.78 is 7.54. The quantitative estimate of drug-likeness (QED) is 0.765. The fourth-order valence-electron chi connectivity index (χ4n) is 2.48. The topological polar surface area (TPSA) is 44.1 Å². The third-order valence-electron chi connectivity index (χ3n) is 4.28. The van der Waals surface area contributed by atoms with Gasteiger partial charge in [-0.2, -0.15) is 11.8 Å². The zero-order valence-corrected chi connectivity index (χ0v) is 13.7. The number of aromatic nitrogens is 2. The number of thioether (sulfide) groups is 1. The third kappa shape index (κ3) is 3.04. The van der Waals surface area contributed by atoms with Crippen molar-refractivity contribution in [2.45, 2.75) is 30.6 Å². The van der Waals surface area contributed by atoms with Crippen molar-refractivity contribution in [3.8, 4) is 0 Å². The molecule has 1 aromatic heterocycles. The predicted octanol–water partition coefficient (Wildman–Crippen LogP) is 3.54. The summed E-state index contributed by atoms with van der Waals surface area (Å²) in [7, 11) is 0. The van der Waals surface area contributed by atoms with Crippen molar-refractivity contribution in [3.63, 3.8) is 0 Å². The van der Waals surface area contributed by atoms with E-state index in [-0.39, 0.29) is 16.8 Å². The number of hydrogen-bond donors (Lipinski definition) is 0. The normalized spacial score (nSPS) is 17.0. The van der Waals surface area contributed by atoms with Gasteiger partial charge in [-0.1, -0.05) is 30.3 Å². The Labute approximate surface area is 134 Å². The van der Waals surface area contributed by atoms with E-state index in [2.05, 4.69) is 18.2 Å². The van der Waals surface area contributed by atoms with Crippen LogP contribution >= 0.6 is 11.8 Å². The highest BCUT2D eigenvalue weighted by atomic mass is 32.2. The molecule has 1 unspecified atom stereocenters. The summed E-state index contributed by atoms with van der Waals surface area (Å²) in [5.74, 6) is -0.291. The molecule has 1 aliphatic carbocycles. The van der Waals surface area contributed by atoms with E-state index in [0.29, 0.717) is 12.3 Å². The van der Waals surface area contributed by atoms with E-state index in [1.165, 1.54) is 0 Å². The molecule has 116 valence electrons. The zero-order valence-electron chi connectivity index (χ0n) is 12.9. The minimum atomic E-state index is -0.291. The second-order valence-corrected chi connectivity index (χ2v) is 7.01. The van der Waals surface area contributed by atoms with Gasteiger partial charge in [0.05, 0.1) is 18.6 Å². The molecule has 1 aromatic carbocycles. The molecule has 0 bridgehead atoms. The molecule has 0 aliphatic heterocycles. The van der Waals surface area contributed by atoms with Crippen LogP contribution in [0.5, 0.6) is 0 Å². The highest BCUT2D eigenvalue weighted by Crippen LogP contribution is 2.47. The Kier molecular flexibility index (Phi) is 4.25. The van der Waals surface area contributed by atoms with E-state index in [1.807, 2.05) is 34.9 Å². The number of benzene rings is 1. The van der Waals surface area contributed by atoms with Crippen LogP contribution in [0.15, 0.2) is 42.9 Å². The number of carbonyl (C=O) groups is 1. The first-order valence-electron chi connectivity index (χ1n) is 7.44. The van der Waals surface area contributed by atoms with Gasteiger partial charge in [0, 0.05) is 4.75 Å². The first-order valence-corrected chi connectivity index (χ1v) is 8.67. The van der Waals surface area contributed by atoms with Crippen LogP contribution in [0.4, 0.5) is 0 Å². The molecule has 1 saturated carbocycles. The van der Waals surface area contributed by atoms with Gasteiger partial charge in [0.15, 0.2) is 0 Å². The molecule has 1 aliphatic rings. The summed E-state index contributed by atoms with van der Waals surface area (Å²) in [6.07, 6.45) is 7.60. The van der Waals surface area contributed by atoms with Gasteiger partial charge in [-0.25, -0.2) is 9.78 Å². The highest BCUT2D eigenvalue weighted by molar-refractivity contribution is 8.00. The Morgan fingerprint density at radius 2 is 2.14 bits per heavy atom. The van der Waals surface area contributed by atoms with Gasteiger partial charge in [-0.3, -0.25) is 0 Å². The van der Waals surface area contributed by atoms with Crippen LogP contribution in [-0.4, -0.2) is 33.1 Å². The average molecular weight is 316 g/mol. The first kappa shape index (κ1) is 15.2. The summed E-state index contributed by atoms with van der Waals surface area (Å²) >= 11 is 1.79. The lowest BCUT2D eigenvalue weighted by atomic mass is 10.1. The Morgan fingerprint density at radius 1 is 1.41 bits per heavy atom. The van der Waals surface area contributed by atoms with E-state index < -0.39 is 0 Å². The molecular weight excluding hydrogens is 296 g/mol. The van der Waals surface area contributed by atoms with Crippen molar-refractivity contribution < 1.29 is 9.53 Å². The monoisotopic (exact) mass is 316 g/mol. The molecule has 3 rings (SSSR count). The second kappa shape index (κ2) is 6.16. The van der Waals surface area contributed by atoms with Gasteiger partial charge < -0.3 is 9.30 Å². The summed E-state index contributed by atoms with van der Waals surface area (Å²) in [5, 5.41) is 0. The minimum absolute atomic E-state index is 0.0432. The number of hydrogen-bond acceptors (Lipinski definition) is 4. The van der Waals surface area contributed by atoms with Crippen LogP contribution in [0.25, 0.3) is 0 Å². The SMILES string of the molecule is CSC1(COC(=O)c2cncn2C(C)c2ccccc2)CC1. The summed E-state index contributed by atoms with van der Waals surface area (Å²) in [6.45, 7) is 2.54. The number of carbonyl (C=O) groups excluding carboxylic acids is 1. The van der Waals surface area contributed by atoms with Gasteiger partial charge in [0.2, 0.25) is 0 Å². The molecule has 5 heteroatoms. The molecule has 0 N–H and O–H groups in total. The van der Waals surface area contributed by atoms with Gasteiger partial charge in [0.25, 0.3) is 0 Å². The fourth-order valence-corrected chi connectivity index (χ4v) is 3.17. The summed E-state index contributed by atoms with van der Waals surface area (Å²) in [4.78, 5) is 16.5. The lowest BCUT2D eigenvalue weighted by Crippen LogP contribution is -2.20. The summed E-state index contributed by atoms with van der Waals surface area (Å²) in [5.41, 5.74) is 1.64. The van der Waals surface area contributed by atoms with Crippen LogP contribution < -0.4 is 0 Å². The molecular formula is C17H20N2O2S. The maximum atomic E-state index is 12.4. The molecule has 0 radical (unpaired) electrons. The Hall–Kier alpha value is -1.75. The van der Waals surface area contributed by atoms with Gasteiger partial charge in [-0.05, 0) is 31.6 Å². The fraction of sp³-hybridized carbons (Fsp3) is 0.412. The second-order valence-electron chi connectivity index (χ2n) is 5.74. The van der Waals surface area contributed by atoms with Crippen LogP contribution in [0, 0.1) is 0 Å². The number of nitrogens with zero attached hydrogens (tertiary/aromatic N) is 2. The molecule has 0 spiro atoms.